The van der Waals surface area contributed by atoms with Gasteiger partial charge in [0.25, 0.3) is 0 Å². The van der Waals surface area contributed by atoms with Crippen molar-refractivity contribution < 1.29 is 13.2 Å². The lowest BCUT2D eigenvalue weighted by Gasteiger charge is -2.27. The van der Waals surface area contributed by atoms with Crippen LogP contribution in [0.4, 0.5) is 0 Å². The number of hydrogen-bond acceptors (Lipinski definition) is 4. The molecule has 0 radical (unpaired) electrons. The Bertz CT molecular complexity index is 649. The molecule has 1 aromatic carbocycles. The molecule has 1 aliphatic rings. The van der Waals surface area contributed by atoms with Crippen LogP contribution in [0.2, 0.25) is 5.02 Å². The minimum atomic E-state index is -3.64. The molecule has 0 unspecified atom stereocenters. The summed E-state index contributed by atoms with van der Waals surface area (Å²) in [4.78, 5) is 0.0396. The molecule has 0 aliphatic carbocycles. The minimum absolute atomic E-state index is 0.0396. The van der Waals surface area contributed by atoms with E-state index in [-0.39, 0.29) is 9.92 Å². The minimum Gasteiger partial charge on any atom is -0.381 e. The lowest BCUT2D eigenvalue weighted by molar-refractivity contribution is 0.0620. The molecule has 1 aromatic rings. The average Bonchev–Trinajstić information content (AvgIpc) is 2.47. The molecule has 5 nitrogen and oxygen atoms in total. The van der Waals surface area contributed by atoms with Crippen molar-refractivity contribution in [2.75, 3.05) is 26.8 Å². The molecule has 0 spiro atoms. The first kappa shape index (κ1) is 16.2. The van der Waals surface area contributed by atoms with Gasteiger partial charge in [-0.15, -0.1) is 0 Å². The van der Waals surface area contributed by atoms with Crippen LogP contribution in [0.25, 0.3) is 0 Å². The normalized spacial score (nSPS) is 16.9. The van der Waals surface area contributed by atoms with Crippen molar-refractivity contribution >= 4 is 21.6 Å². The van der Waals surface area contributed by atoms with Gasteiger partial charge in [-0.1, -0.05) is 11.6 Å². The molecule has 21 heavy (non-hydrogen) atoms. The molecular formula is C14H17ClN2O3S. The third kappa shape index (κ3) is 3.74. The Balaban J connectivity index is 2.18. The van der Waals surface area contributed by atoms with Crippen LogP contribution < -0.4 is 0 Å². The first-order valence-corrected chi connectivity index (χ1v) is 8.50. The van der Waals surface area contributed by atoms with E-state index in [9.17, 15) is 8.42 Å². The number of sulfonamides is 1. The van der Waals surface area contributed by atoms with Crippen LogP contribution in [0.5, 0.6) is 0 Å². The van der Waals surface area contributed by atoms with Crippen molar-refractivity contribution in [2.24, 2.45) is 5.92 Å². The molecule has 1 saturated heterocycles. The lowest BCUT2D eigenvalue weighted by Crippen LogP contribution is -2.34. The number of nitrogens with zero attached hydrogens (tertiary/aromatic N) is 2. The Kier molecular flexibility index (Phi) is 5.22. The summed E-state index contributed by atoms with van der Waals surface area (Å²) < 4.78 is 31.7. The van der Waals surface area contributed by atoms with E-state index in [2.05, 4.69) is 0 Å². The molecule has 7 heteroatoms. The summed E-state index contributed by atoms with van der Waals surface area (Å²) in [5.74, 6) is 0.302. The predicted molar refractivity (Wildman–Crippen MR) is 79.5 cm³/mol. The summed E-state index contributed by atoms with van der Waals surface area (Å²) in [6.45, 7) is 1.80. The van der Waals surface area contributed by atoms with E-state index in [1.165, 1.54) is 22.5 Å². The van der Waals surface area contributed by atoms with E-state index in [1.807, 2.05) is 6.07 Å². The summed E-state index contributed by atoms with van der Waals surface area (Å²) >= 11 is 6.00. The largest absolute Gasteiger partial charge is 0.381 e. The highest BCUT2D eigenvalue weighted by molar-refractivity contribution is 7.89. The van der Waals surface area contributed by atoms with Crippen LogP contribution in [0.15, 0.2) is 23.1 Å². The smallest absolute Gasteiger partial charge is 0.244 e. The van der Waals surface area contributed by atoms with Crippen molar-refractivity contribution in [3.63, 3.8) is 0 Å². The summed E-state index contributed by atoms with van der Waals surface area (Å²) in [6, 6.07) is 6.15. The fourth-order valence-electron chi connectivity index (χ4n) is 2.34. The zero-order valence-electron chi connectivity index (χ0n) is 11.8. The zero-order valence-corrected chi connectivity index (χ0v) is 13.3. The van der Waals surface area contributed by atoms with E-state index in [0.29, 0.717) is 31.2 Å². The quantitative estimate of drug-likeness (QED) is 0.850. The van der Waals surface area contributed by atoms with Gasteiger partial charge in [0.15, 0.2) is 0 Å². The second kappa shape index (κ2) is 6.75. The summed E-state index contributed by atoms with van der Waals surface area (Å²) in [7, 11) is -2.09. The topological polar surface area (TPSA) is 70.4 Å². The van der Waals surface area contributed by atoms with Gasteiger partial charge in [-0.3, -0.25) is 0 Å². The van der Waals surface area contributed by atoms with Crippen molar-refractivity contribution in [1.29, 1.82) is 5.26 Å². The highest BCUT2D eigenvalue weighted by Crippen LogP contribution is 2.26. The van der Waals surface area contributed by atoms with E-state index < -0.39 is 10.0 Å². The monoisotopic (exact) mass is 328 g/mol. The van der Waals surface area contributed by atoms with Crippen LogP contribution >= 0.6 is 11.6 Å². The van der Waals surface area contributed by atoms with Crippen LogP contribution in [-0.2, 0) is 14.8 Å². The third-order valence-corrected chi connectivity index (χ3v) is 5.91. The maximum absolute atomic E-state index is 12.6. The molecule has 0 amide bonds. The second-order valence-corrected chi connectivity index (χ2v) is 7.52. The van der Waals surface area contributed by atoms with Gasteiger partial charge in [0, 0.05) is 26.8 Å². The number of ether oxygens (including phenoxy) is 1. The Morgan fingerprint density at radius 3 is 2.67 bits per heavy atom. The number of hydrogen-bond donors (Lipinski definition) is 0. The lowest BCUT2D eigenvalue weighted by atomic mass is 10.0. The van der Waals surface area contributed by atoms with E-state index in [0.717, 1.165) is 12.8 Å². The zero-order chi connectivity index (χ0) is 15.5. The van der Waals surface area contributed by atoms with Gasteiger partial charge in [0.2, 0.25) is 10.0 Å². The number of benzene rings is 1. The molecule has 1 aliphatic heterocycles. The van der Waals surface area contributed by atoms with Gasteiger partial charge in [-0.2, -0.15) is 5.26 Å². The van der Waals surface area contributed by atoms with E-state index >= 15 is 0 Å². The van der Waals surface area contributed by atoms with Crippen molar-refractivity contribution in [2.45, 2.75) is 17.7 Å². The maximum atomic E-state index is 12.6. The molecule has 0 aromatic heterocycles. The predicted octanol–water partition coefficient (Wildman–Crippen LogP) is 2.26. The third-order valence-electron chi connectivity index (χ3n) is 3.61. The van der Waals surface area contributed by atoms with Crippen molar-refractivity contribution in [3.05, 3.63) is 28.8 Å². The first-order valence-electron chi connectivity index (χ1n) is 6.69. The SMILES string of the molecule is CN(CC1CCOCC1)S(=O)(=O)c1ccc(C#N)cc1Cl. The van der Waals surface area contributed by atoms with Gasteiger partial charge in [-0.05, 0) is 37.0 Å². The standard InChI is InChI=1S/C14H17ClN2O3S/c1-17(10-11-4-6-20-7-5-11)21(18,19)14-3-2-12(9-16)8-13(14)15/h2-3,8,11H,4-7,10H2,1H3. The highest BCUT2D eigenvalue weighted by Gasteiger charge is 2.26. The molecule has 1 fully saturated rings. The van der Waals surface area contributed by atoms with E-state index in [1.54, 1.807) is 7.05 Å². The average molecular weight is 329 g/mol. The van der Waals surface area contributed by atoms with E-state index in [4.69, 9.17) is 21.6 Å². The first-order chi connectivity index (χ1) is 9.95. The molecule has 0 bridgehead atoms. The molecule has 114 valence electrons. The van der Waals surface area contributed by atoms with Crippen LogP contribution in [0.3, 0.4) is 0 Å². The van der Waals surface area contributed by atoms with Crippen LogP contribution in [-0.4, -0.2) is 39.5 Å². The number of halogens is 1. The maximum Gasteiger partial charge on any atom is 0.244 e. The van der Waals surface area contributed by atoms with Gasteiger partial charge < -0.3 is 4.74 Å². The summed E-state index contributed by atoms with van der Waals surface area (Å²) in [5.41, 5.74) is 0.339. The Morgan fingerprint density at radius 2 is 2.10 bits per heavy atom. The summed E-state index contributed by atoms with van der Waals surface area (Å²) in [5, 5.41) is 8.88. The highest BCUT2D eigenvalue weighted by atomic mass is 35.5. The molecule has 0 atom stereocenters. The fourth-order valence-corrected chi connectivity index (χ4v) is 4.10. The van der Waals surface area contributed by atoms with Gasteiger partial charge >= 0.3 is 0 Å². The molecule has 0 N–H and O–H groups in total. The molecule has 2 rings (SSSR count). The fraction of sp³-hybridized carbons (Fsp3) is 0.500. The van der Waals surface area contributed by atoms with Crippen molar-refractivity contribution in [3.8, 4) is 6.07 Å². The van der Waals surface area contributed by atoms with Crippen molar-refractivity contribution in [1.82, 2.24) is 4.31 Å². The van der Waals surface area contributed by atoms with Crippen LogP contribution in [0.1, 0.15) is 18.4 Å². The number of nitriles is 1. The molecule has 0 saturated carbocycles. The van der Waals surface area contributed by atoms with Crippen LogP contribution in [0, 0.1) is 17.2 Å². The molecular weight excluding hydrogens is 312 g/mol. The summed E-state index contributed by atoms with van der Waals surface area (Å²) in [6.07, 6.45) is 1.72. The second-order valence-electron chi connectivity index (χ2n) is 5.10. The van der Waals surface area contributed by atoms with Gasteiger partial charge in [0.1, 0.15) is 4.90 Å². The molecule has 1 heterocycles. The Labute approximate surface area is 130 Å². The Hall–Kier alpha value is -1.13. The Morgan fingerprint density at radius 1 is 1.43 bits per heavy atom. The number of rotatable bonds is 4. The van der Waals surface area contributed by atoms with Gasteiger partial charge in [-0.25, -0.2) is 12.7 Å². The van der Waals surface area contributed by atoms with Gasteiger partial charge in [0.05, 0.1) is 16.7 Å².